The van der Waals surface area contributed by atoms with Crippen molar-refractivity contribution in [2.24, 2.45) is 4.99 Å². The van der Waals surface area contributed by atoms with Crippen LogP contribution >= 0.6 is 46.4 Å². The summed E-state index contributed by atoms with van der Waals surface area (Å²) in [6, 6.07) is 16.2. The second-order valence-electron chi connectivity index (χ2n) is 5.82. The molecule has 3 aromatic rings. The first kappa shape index (κ1) is 26.5. The maximum absolute atomic E-state index is 6.11. The largest absolute Gasteiger partial charge is 1.00 e. The fraction of sp³-hybridized carbons (Fsp3) is 0.0909. The van der Waals surface area contributed by atoms with Crippen molar-refractivity contribution in [3.8, 4) is 0 Å². The molecule has 160 valence electrons. The van der Waals surface area contributed by atoms with E-state index in [1.807, 2.05) is 32.0 Å². The van der Waals surface area contributed by atoms with Gasteiger partial charge >= 0.3 is 17.1 Å². The monoisotopic (exact) mass is 527 g/mol. The number of hydrogen-bond donors (Lipinski definition) is 0. The van der Waals surface area contributed by atoms with Gasteiger partial charge in [0, 0.05) is 28.2 Å². The third-order valence-electron chi connectivity index (χ3n) is 3.44. The molecular weight excluding hydrogens is 512 g/mol. The molecule has 0 aliphatic heterocycles. The fourth-order valence-corrected chi connectivity index (χ4v) is 3.19. The maximum atomic E-state index is 6.11. The number of aromatic nitrogens is 1. The second-order valence-corrected chi connectivity index (χ2v) is 7.44. The first-order valence-electron chi connectivity index (χ1n) is 8.57. The molecule has 0 saturated heterocycles. The van der Waals surface area contributed by atoms with Crippen molar-refractivity contribution in [3.05, 3.63) is 104 Å². The van der Waals surface area contributed by atoms with Gasteiger partial charge in [-0.05, 0) is 43.3 Å². The molecule has 0 aliphatic rings. The average Bonchev–Trinajstić information content (AvgIpc) is 2.70. The minimum Gasteiger partial charge on any atom is -0.659 e. The van der Waals surface area contributed by atoms with E-state index in [4.69, 9.17) is 46.4 Å². The second kappa shape index (κ2) is 13.7. The van der Waals surface area contributed by atoms with E-state index in [0.717, 1.165) is 0 Å². The standard InChI is InChI=1S/C17H13Cl4N2.C5H5N.Cu/c1-10(22-16-12(18)5-3-6-13(16)19)9-11(2)23-17-14(20)7-4-8-15(17)21;1-2-4-6-5-3-1;/h3-9H,1-2H3;1-5H;/q-1;;+1/b10-9-,23-11?;;. The molecule has 8 heteroatoms. The summed E-state index contributed by atoms with van der Waals surface area (Å²) >= 11 is 24.4. The molecule has 0 aliphatic carbocycles. The first-order valence-corrected chi connectivity index (χ1v) is 10.1. The predicted octanol–water partition coefficient (Wildman–Crippen LogP) is 9.08. The molecule has 30 heavy (non-hydrogen) atoms. The Kier molecular flexibility index (Phi) is 12.1. The van der Waals surface area contributed by atoms with Crippen LogP contribution in [0.15, 0.2) is 83.8 Å². The van der Waals surface area contributed by atoms with Gasteiger partial charge in [-0.15, -0.1) is 0 Å². The molecular formula is C22H18Cl4CuN3. The van der Waals surface area contributed by atoms with Gasteiger partial charge in [0.15, 0.2) is 0 Å². The van der Waals surface area contributed by atoms with Crippen LogP contribution in [0.2, 0.25) is 20.1 Å². The number of pyridine rings is 1. The van der Waals surface area contributed by atoms with Crippen LogP contribution in [0.1, 0.15) is 13.8 Å². The summed E-state index contributed by atoms with van der Waals surface area (Å²) in [5.41, 5.74) is 2.50. The van der Waals surface area contributed by atoms with Crippen LogP contribution < -0.4 is 0 Å². The molecule has 0 atom stereocenters. The molecule has 0 N–H and O–H groups in total. The Hall–Kier alpha value is -1.52. The summed E-state index contributed by atoms with van der Waals surface area (Å²) in [5, 5.41) is 6.41. The number of aliphatic imine (C=N–C) groups is 1. The van der Waals surface area contributed by atoms with Crippen LogP contribution in [0.3, 0.4) is 0 Å². The summed E-state index contributed by atoms with van der Waals surface area (Å²) in [5.74, 6) is 0. The summed E-state index contributed by atoms with van der Waals surface area (Å²) in [6.07, 6.45) is 5.30. The molecule has 0 radical (unpaired) electrons. The summed E-state index contributed by atoms with van der Waals surface area (Å²) < 4.78 is 0. The molecule has 0 saturated carbocycles. The van der Waals surface area contributed by atoms with Crippen LogP contribution in [-0.4, -0.2) is 10.7 Å². The topological polar surface area (TPSA) is 39.4 Å². The number of halogens is 4. The van der Waals surface area contributed by atoms with Gasteiger partial charge in [0.05, 0.1) is 10.0 Å². The van der Waals surface area contributed by atoms with Crippen molar-refractivity contribution in [2.45, 2.75) is 13.8 Å². The summed E-state index contributed by atoms with van der Waals surface area (Å²) in [7, 11) is 0. The molecule has 1 aromatic heterocycles. The Morgan fingerprint density at radius 1 is 0.800 bits per heavy atom. The van der Waals surface area contributed by atoms with Crippen molar-refractivity contribution in [1.82, 2.24) is 4.98 Å². The Balaban J connectivity index is 0.000000552. The number of benzene rings is 2. The van der Waals surface area contributed by atoms with Crippen LogP contribution in [0, 0.1) is 0 Å². The average molecular weight is 530 g/mol. The van der Waals surface area contributed by atoms with Gasteiger partial charge in [-0.25, -0.2) is 0 Å². The van der Waals surface area contributed by atoms with Gasteiger partial charge in [-0.3, -0.25) is 9.98 Å². The first-order chi connectivity index (χ1) is 13.9. The van der Waals surface area contributed by atoms with E-state index in [-0.39, 0.29) is 17.1 Å². The minimum absolute atomic E-state index is 0. The van der Waals surface area contributed by atoms with E-state index in [1.165, 1.54) is 0 Å². The van der Waals surface area contributed by atoms with E-state index in [0.29, 0.717) is 42.9 Å². The van der Waals surface area contributed by atoms with Crippen LogP contribution in [-0.2, 0) is 17.1 Å². The Bertz CT molecular complexity index is 941. The van der Waals surface area contributed by atoms with Gasteiger partial charge in [0.1, 0.15) is 5.69 Å². The zero-order valence-corrected chi connectivity index (χ0v) is 20.0. The number of para-hydroxylation sites is 2. The van der Waals surface area contributed by atoms with Crippen LogP contribution in [0.5, 0.6) is 0 Å². The molecule has 0 bridgehead atoms. The normalized spacial score (nSPS) is 11.1. The molecule has 3 rings (SSSR count). The third-order valence-corrected chi connectivity index (χ3v) is 4.66. The zero-order valence-electron chi connectivity index (χ0n) is 16.1. The van der Waals surface area contributed by atoms with E-state index in [2.05, 4.69) is 15.3 Å². The SMILES string of the molecule is CC(/C=C(/C)[N-]c1c(Cl)cccc1Cl)=Nc1c(Cl)cccc1Cl.[Cu+].c1ccncc1. The number of allylic oxidation sites excluding steroid dienone is 2. The van der Waals surface area contributed by atoms with E-state index < -0.39 is 0 Å². The van der Waals surface area contributed by atoms with Gasteiger partial charge in [0.2, 0.25) is 0 Å². The quantitative estimate of drug-likeness (QED) is 0.245. The van der Waals surface area contributed by atoms with E-state index in [9.17, 15) is 0 Å². The van der Waals surface area contributed by atoms with Crippen molar-refractivity contribution in [2.75, 3.05) is 0 Å². The van der Waals surface area contributed by atoms with Gasteiger partial charge < -0.3 is 5.32 Å². The maximum Gasteiger partial charge on any atom is 1.00 e. The molecule has 2 aromatic carbocycles. The number of nitrogens with zero attached hydrogens (tertiary/aromatic N) is 3. The Morgan fingerprint density at radius 3 is 1.73 bits per heavy atom. The van der Waals surface area contributed by atoms with Gasteiger partial charge in [-0.1, -0.05) is 83.3 Å². The fourth-order valence-electron chi connectivity index (χ4n) is 2.22. The van der Waals surface area contributed by atoms with Crippen LogP contribution in [0.4, 0.5) is 11.4 Å². The van der Waals surface area contributed by atoms with Gasteiger partial charge in [0.25, 0.3) is 0 Å². The van der Waals surface area contributed by atoms with Crippen LogP contribution in [0.25, 0.3) is 5.32 Å². The zero-order chi connectivity index (χ0) is 21.2. The molecule has 0 spiro atoms. The third kappa shape index (κ3) is 8.69. The van der Waals surface area contributed by atoms with E-state index in [1.54, 1.807) is 54.9 Å². The molecule has 1 heterocycles. The molecule has 3 nitrogen and oxygen atoms in total. The molecule has 0 unspecified atom stereocenters. The summed E-state index contributed by atoms with van der Waals surface area (Å²) in [6.45, 7) is 3.68. The molecule has 0 amide bonds. The van der Waals surface area contributed by atoms with E-state index >= 15 is 0 Å². The van der Waals surface area contributed by atoms with Gasteiger partial charge in [-0.2, -0.15) is 5.70 Å². The summed E-state index contributed by atoms with van der Waals surface area (Å²) in [4.78, 5) is 8.22. The van der Waals surface area contributed by atoms with Crippen molar-refractivity contribution >= 4 is 63.5 Å². The van der Waals surface area contributed by atoms with Crippen molar-refractivity contribution in [3.63, 3.8) is 0 Å². The molecule has 0 fully saturated rings. The predicted molar refractivity (Wildman–Crippen MR) is 127 cm³/mol. The van der Waals surface area contributed by atoms with Crippen molar-refractivity contribution in [1.29, 1.82) is 0 Å². The Labute approximate surface area is 207 Å². The number of rotatable bonds is 4. The smallest absolute Gasteiger partial charge is 0.659 e. The minimum atomic E-state index is 0. The number of hydrogen-bond acceptors (Lipinski definition) is 2. The van der Waals surface area contributed by atoms with Crippen molar-refractivity contribution < 1.29 is 17.1 Å². The Morgan fingerprint density at radius 2 is 1.30 bits per heavy atom.